The Bertz CT molecular complexity index is 348. The van der Waals surface area contributed by atoms with Crippen LogP contribution >= 0.6 is 11.6 Å². The maximum Gasteiger partial charge on any atom is 0.223 e. The van der Waals surface area contributed by atoms with E-state index in [9.17, 15) is 4.79 Å². The van der Waals surface area contributed by atoms with Gasteiger partial charge in [-0.2, -0.15) is 0 Å². The molecule has 0 saturated heterocycles. The summed E-state index contributed by atoms with van der Waals surface area (Å²) in [5.41, 5.74) is 1.21. The van der Waals surface area contributed by atoms with Gasteiger partial charge in [-0.1, -0.05) is 30.3 Å². The first-order valence-corrected chi connectivity index (χ1v) is 6.23. The zero-order chi connectivity index (χ0) is 11.4. The van der Waals surface area contributed by atoms with E-state index in [4.69, 9.17) is 11.6 Å². The maximum atomic E-state index is 11.6. The number of alkyl halides is 1. The van der Waals surface area contributed by atoms with Crippen LogP contribution in [0.2, 0.25) is 0 Å². The molecule has 0 radical (unpaired) electrons. The fourth-order valence-corrected chi connectivity index (χ4v) is 1.89. The van der Waals surface area contributed by atoms with E-state index in [1.807, 2.05) is 18.2 Å². The molecule has 16 heavy (non-hydrogen) atoms. The van der Waals surface area contributed by atoms with E-state index in [1.165, 1.54) is 5.56 Å². The Morgan fingerprint density at radius 1 is 1.38 bits per heavy atom. The number of carbonyl (C=O) groups excluding carboxylic acids is 1. The third-order valence-corrected chi connectivity index (χ3v) is 3.18. The molecule has 1 fully saturated rings. The molecule has 1 aliphatic carbocycles. The molecule has 0 heterocycles. The molecule has 86 valence electrons. The molecule has 0 aliphatic heterocycles. The Morgan fingerprint density at radius 3 is 2.62 bits per heavy atom. The number of halogens is 1. The number of rotatable bonds is 5. The van der Waals surface area contributed by atoms with Gasteiger partial charge in [0.05, 0.1) is 0 Å². The smallest absolute Gasteiger partial charge is 0.223 e. The zero-order valence-electron chi connectivity index (χ0n) is 9.16. The van der Waals surface area contributed by atoms with E-state index in [0.717, 1.165) is 19.3 Å². The lowest BCUT2D eigenvalue weighted by molar-refractivity contribution is -0.122. The van der Waals surface area contributed by atoms with Crippen LogP contribution in [0.5, 0.6) is 0 Å². The summed E-state index contributed by atoms with van der Waals surface area (Å²) in [7, 11) is 0. The van der Waals surface area contributed by atoms with Crippen molar-refractivity contribution in [3.8, 4) is 0 Å². The van der Waals surface area contributed by atoms with Gasteiger partial charge in [-0.15, -0.1) is 11.6 Å². The highest BCUT2D eigenvalue weighted by Crippen LogP contribution is 2.29. The Labute approximate surface area is 101 Å². The van der Waals surface area contributed by atoms with Crippen molar-refractivity contribution in [3.63, 3.8) is 0 Å². The number of amides is 1. The fraction of sp³-hybridized carbons (Fsp3) is 0.462. The van der Waals surface area contributed by atoms with Crippen molar-refractivity contribution in [1.29, 1.82) is 0 Å². The minimum Gasteiger partial charge on any atom is -0.352 e. The Balaban J connectivity index is 1.87. The number of hydrogen-bond donors (Lipinski definition) is 1. The maximum absolute atomic E-state index is 11.6. The molecule has 3 heteroatoms. The largest absolute Gasteiger partial charge is 0.352 e. The van der Waals surface area contributed by atoms with Crippen LogP contribution in [-0.4, -0.2) is 17.8 Å². The molecule has 1 N–H and O–H groups in total. The zero-order valence-corrected chi connectivity index (χ0v) is 9.91. The Hall–Kier alpha value is -1.02. The van der Waals surface area contributed by atoms with Crippen molar-refractivity contribution < 1.29 is 4.79 Å². The van der Waals surface area contributed by atoms with Crippen molar-refractivity contribution in [2.24, 2.45) is 5.92 Å². The quantitative estimate of drug-likeness (QED) is 0.783. The van der Waals surface area contributed by atoms with E-state index in [2.05, 4.69) is 17.4 Å². The summed E-state index contributed by atoms with van der Waals surface area (Å²) in [5.74, 6) is 0.885. The molecule has 2 rings (SSSR count). The predicted octanol–water partition coefficient (Wildman–Crippen LogP) is 2.36. The fourth-order valence-electron chi connectivity index (χ4n) is 1.71. The molecule has 0 bridgehead atoms. The van der Waals surface area contributed by atoms with Gasteiger partial charge in [-0.25, -0.2) is 0 Å². The first-order valence-electron chi connectivity index (χ1n) is 5.70. The normalized spacial score (nSPS) is 16.8. The number of carbonyl (C=O) groups is 1. The second kappa shape index (κ2) is 5.35. The molecule has 1 unspecified atom stereocenters. The van der Waals surface area contributed by atoms with Crippen LogP contribution in [0.25, 0.3) is 0 Å². The van der Waals surface area contributed by atoms with Gasteiger partial charge in [0.1, 0.15) is 0 Å². The summed E-state index contributed by atoms with van der Waals surface area (Å²) in [4.78, 5) is 11.6. The van der Waals surface area contributed by atoms with E-state index in [-0.39, 0.29) is 17.9 Å². The topological polar surface area (TPSA) is 29.1 Å². The summed E-state index contributed by atoms with van der Waals surface area (Å²) in [6.07, 6.45) is 2.88. The van der Waals surface area contributed by atoms with Gasteiger partial charge in [-0.05, 0) is 24.8 Å². The van der Waals surface area contributed by atoms with E-state index in [1.54, 1.807) is 0 Å². The van der Waals surface area contributed by atoms with Crippen molar-refractivity contribution in [1.82, 2.24) is 5.32 Å². The standard InChI is InChI=1S/C13H16ClNO/c14-9-12(15-13(16)11-6-7-11)8-10-4-2-1-3-5-10/h1-5,11-12H,6-9H2,(H,15,16). The molecule has 2 nitrogen and oxygen atoms in total. The summed E-state index contributed by atoms with van der Waals surface area (Å²) < 4.78 is 0. The average molecular weight is 238 g/mol. The summed E-state index contributed by atoms with van der Waals surface area (Å²) in [5, 5.41) is 3.01. The van der Waals surface area contributed by atoms with Gasteiger partial charge in [-0.3, -0.25) is 4.79 Å². The van der Waals surface area contributed by atoms with Gasteiger partial charge < -0.3 is 5.32 Å². The molecule has 1 atom stereocenters. The van der Waals surface area contributed by atoms with Crippen molar-refractivity contribution in [2.45, 2.75) is 25.3 Å². The Morgan fingerprint density at radius 2 is 2.06 bits per heavy atom. The second-order valence-corrected chi connectivity index (χ2v) is 4.63. The number of benzene rings is 1. The van der Waals surface area contributed by atoms with Gasteiger partial charge >= 0.3 is 0 Å². The van der Waals surface area contributed by atoms with Crippen LogP contribution in [0, 0.1) is 5.92 Å². The van der Waals surface area contributed by atoms with E-state index < -0.39 is 0 Å². The Kier molecular flexibility index (Phi) is 3.83. The molecular formula is C13H16ClNO. The minimum absolute atomic E-state index is 0.0529. The highest BCUT2D eigenvalue weighted by Gasteiger charge is 2.30. The highest BCUT2D eigenvalue weighted by molar-refractivity contribution is 6.18. The lowest BCUT2D eigenvalue weighted by Gasteiger charge is -2.15. The average Bonchev–Trinajstić information content (AvgIpc) is 3.13. The SMILES string of the molecule is O=C(NC(CCl)Cc1ccccc1)C1CC1. The van der Waals surface area contributed by atoms with Crippen LogP contribution in [0.3, 0.4) is 0 Å². The molecule has 0 aromatic heterocycles. The first kappa shape index (κ1) is 11.5. The van der Waals surface area contributed by atoms with Gasteiger partial charge in [0.15, 0.2) is 0 Å². The minimum atomic E-state index is 0.0529. The van der Waals surface area contributed by atoms with Gasteiger partial charge in [0.2, 0.25) is 5.91 Å². The summed E-state index contributed by atoms with van der Waals surface area (Å²) >= 11 is 5.87. The van der Waals surface area contributed by atoms with Gasteiger partial charge in [0, 0.05) is 17.8 Å². The van der Waals surface area contributed by atoms with Crippen LogP contribution in [0.4, 0.5) is 0 Å². The monoisotopic (exact) mass is 237 g/mol. The van der Waals surface area contributed by atoms with Crippen LogP contribution in [-0.2, 0) is 11.2 Å². The van der Waals surface area contributed by atoms with Crippen molar-refractivity contribution >= 4 is 17.5 Å². The molecule has 1 amide bonds. The highest BCUT2D eigenvalue weighted by atomic mass is 35.5. The van der Waals surface area contributed by atoms with Crippen LogP contribution in [0.1, 0.15) is 18.4 Å². The third-order valence-electron chi connectivity index (χ3n) is 2.81. The number of hydrogen-bond acceptors (Lipinski definition) is 1. The van der Waals surface area contributed by atoms with E-state index in [0.29, 0.717) is 5.88 Å². The van der Waals surface area contributed by atoms with Crippen molar-refractivity contribution in [3.05, 3.63) is 35.9 Å². The molecule has 1 aromatic rings. The number of nitrogens with one attached hydrogen (secondary N) is 1. The second-order valence-electron chi connectivity index (χ2n) is 4.32. The summed E-state index contributed by atoms with van der Waals surface area (Å²) in [6.45, 7) is 0. The van der Waals surface area contributed by atoms with Crippen LogP contribution in [0.15, 0.2) is 30.3 Å². The van der Waals surface area contributed by atoms with Crippen molar-refractivity contribution in [2.75, 3.05) is 5.88 Å². The lowest BCUT2D eigenvalue weighted by Crippen LogP contribution is -2.38. The van der Waals surface area contributed by atoms with E-state index >= 15 is 0 Å². The molecule has 1 saturated carbocycles. The lowest BCUT2D eigenvalue weighted by atomic mass is 10.1. The molecule has 0 spiro atoms. The van der Waals surface area contributed by atoms with Gasteiger partial charge in [0.25, 0.3) is 0 Å². The molecule has 1 aliphatic rings. The third kappa shape index (κ3) is 3.24. The summed E-state index contributed by atoms with van der Waals surface area (Å²) in [6, 6.07) is 10.2. The predicted molar refractivity (Wildman–Crippen MR) is 65.5 cm³/mol. The van der Waals surface area contributed by atoms with Crippen LogP contribution < -0.4 is 5.32 Å². The molecule has 1 aromatic carbocycles. The first-order chi connectivity index (χ1) is 7.79. The molecular weight excluding hydrogens is 222 g/mol.